The molecule has 2 aliphatic rings. The lowest BCUT2D eigenvalue weighted by atomic mass is 9.97. The minimum Gasteiger partial charge on any atom is -0.491 e. The molecule has 2 heterocycles. The molecular formula is C25H31N3O6S. The maximum Gasteiger partial charge on any atom is 0.262 e. The largest absolute Gasteiger partial charge is 0.491 e. The number of sulfonamides is 1. The highest BCUT2D eigenvalue weighted by atomic mass is 32.2. The summed E-state index contributed by atoms with van der Waals surface area (Å²) in [5, 5.41) is 5.65. The van der Waals surface area contributed by atoms with Gasteiger partial charge in [0.15, 0.2) is 6.61 Å². The molecular weight excluding hydrogens is 470 g/mol. The molecule has 0 aromatic heterocycles. The molecule has 0 unspecified atom stereocenters. The Bertz CT molecular complexity index is 1200. The van der Waals surface area contributed by atoms with Crippen LogP contribution in [0.3, 0.4) is 0 Å². The number of amides is 2. The van der Waals surface area contributed by atoms with Gasteiger partial charge < -0.3 is 20.1 Å². The molecule has 0 saturated carbocycles. The van der Waals surface area contributed by atoms with Crippen LogP contribution in [0.15, 0.2) is 41.3 Å². The normalized spacial score (nSPS) is 16.9. The van der Waals surface area contributed by atoms with E-state index in [-0.39, 0.29) is 48.4 Å². The molecule has 1 fully saturated rings. The summed E-state index contributed by atoms with van der Waals surface area (Å²) in [6, 6.07) is 10.7. The lowest BCUT2D eigenvalue weighted by molar-refractivity contribution is -0.126. The van der Waals surface area contributed by atoms with E-state index in [9.17, 15) is 18.0 Å². The average molecular weight is 502 g/mol. The second-order valence-corrected chi connectivity index (χ2v) is 11.1. The minimum absolute atomic E-state index is 0.0707. The van der Waals surface area contributed by atoms with Gasteiger partial charge in [0.05, 0.1) is 16.7 Å². The third-order valence-electron chi connectivity index (χ3n) is 6.11. The van der Waals surface area contributed by atoms with Crippen molar-refractivity contribution in [2.45, 2.75) is 51.2 Å². The van der Waals surface area contributed by atoms with Gasteiger partial charge in [0.25, 0.3) is 5.91 Å². The fourth-order valence-electron chi connectivity index (χ4n) is 4.28. The Balaban J connectivity index is 1.33. The van der Waals surface area contributed by atoms with Gasteiger partial charge in [-0.2, -0.15) is 4.31 Å². The van der Waals surface area contributed by atoms with Gasteiger partial charge in [-0.25, -0.2) is 8.42 Å². The van der Waals surface area contributed by atoms with E-state index >= 15 is 0 Å². The molecule has 2 N–H and O–H groups in total. The molecule has 10 heteroatoms. The van der Waals surface area contributed by atoms with Crippen LogP contribution in [0.4, 0.5) is 5.69 Å². The first-order valence-corrected chi connectivity index (χ1v) is 13.2. The molecule has 188 valence electrons. The fourth-order valence-corrected chi connectivity index (χ4v) is 5.97. The van der Waals surface area contributed by atoms with E-state index in [0.717, 1.165) is 11.3 Å². The van der Waals surface area contributed by atoms with Crippen molar-refractivity contribution in [3.05, 3.63) is 47.5 Å². The standard InChI is InChI=1S/C25H31N3O6S/c1-16(2)34-20-6-4-18(5-7-20)14-26-25(30)19-8-10-28(11-9-19)35(31,32)23-13-22-21(12-17(23)3)27-24(29)15-33-22/h4-7,12-13,16,19H,8-11,14-15H2,1-3H3,(H,26,30)(H,27,29). The molecule has 2 aromatic carbocycles. The lowest BCUT2D eigenvalue weighted by Gasteiger charge is -2.31. The van der Waals surface area contributed by atoms with Crippen molar-refractivity contribution in [3.8, 4) is 11.5 Å². The van der Waals surface area contributed by atoms with E-state index in [1.807, 2.05) is 38.1 Å². The van der Waals surface area contributed by atoms with E-state index in [0.29, 0.717) is 36.4 Å². The summed E-state index contributed by atoms with van der Waals surface area (Å²) in [4.78, 5) is 24.4. The number of nitrogens with zero attached hydrogens (tertiary/aromatic N) is 1. The van der Waals surface area contributed by atoms with Crippen LogP contribution in [0.2, 0.25) is 0 Å². The van der Waals surface area contributed by atoms with Gasteiger partial charge in [0.1, 0.15) is 11.5 Å². The number of piperidine rings is 1. The van der Waals surface area contributed by atoms with Crippen LogP contribution in [0.5, 0.6) is 11.5 Å². The van der Waals surface area contributed by atoms with Gasteiger partial charge in [0, 0.05) is 31.6 Å². The first kappa shape index (κ1) is 25.0. The van der Waals surface area contributed by atoms with E-state index in [1.54, 1.807) is 13.0 Å². The summed E-state index contributed by atoms with van der Waals surface area (Å²) in [6.07, 6.45) is 0.994. The van der Waals surface area contributed by atoms with E-state index in [1.165, 1.54) is 10.4 Å². The quantitative estimate of drug-likeness (QED) is 0.603. The third-order valence-corrected chi connectivity index (χ3v) is 8.16. The Labute approximate surface area is 205 Å². The number of carbonyl (C=O) groups is 2. The van der Waals surface area contributed by atoms with Gasteiger partial charge in [-0.05, 0) is 62.9 Å². The number of hydrogen-bond donors (Lipinski definition) is 2. The number of nitrogens with one attached hydrogen (secondary N) is 2. The van der Waals surface area contributed by atoms with Crippen LogP contribution in [-0.4, -0.2) is 50.3 Å². The Morgan fingerprint density at radius 3 is 2.54 bits per heavy atom. The Morgan fingerprint density at radius 1 is 1.20 bits per heavy atom. The molecule has 35 heavy (non-hydrogen) atoms. The average Bonchev–Trinajstić information content (AvgIpc) is 2.82. The van der Waals surface area contributed by atoms with Gasteiger partial charge >= 0.3 is 0 Å². The second kappa shape index (κ2) is 10.2. The van der Waals surface area contributed by atoms with Gasteiger partial charge in [-0.1, -0.05) is 12.1 Å². The number of carbonyl (C=O) groups excluding carboxylic acids is 2. The predicted octanol–water partition coefficient (Wildman–Crippen LogP) is 2.83. The van der Waals surface area contributed by atoms with Crippen molar-refractivity contribution in [3.63, 3.8) is 0 Å². The summed E-state index contributed by atoms with van der Waals surface area (Å²) in [6.45, 7) is 6.40. The number of rotatable bonds is 7. The fraction of sp³-hybridized carbons (Fsp3) is 0.440. The molecule has 0 bridgehead atoms. The Kier molecular flexibility index (Phi) is 7.32. The van der Waals surface area contributed by atoms with E-state index < -0.39 is 10.0 Å². The number of anilines is 1. The molecule has 2 aliphatic heterocycles. The minimum atomic E-state index is -3.76. The van der Waals surface area contributed by atoms with Crippen molar-refractivity contribution < 1.29 is 27.5 Å². The molecule has 4 rings (SSSR count). The van der Waals surface area contributed by atoms with Gasteiger partial charge in [-0.3, -0.25) is 9.59 Å². The van der Waals surface area contributed by atoms with Crippen LogP contribution < -0.4 is 20.1 Å². The molecule has 0 aliphatic carbocycles. The Morgan fingerprint density at radius 2 is 1.89 bits per heavy atom. The highest BCUT2D eigenvalue weighted by molar-refractivity contribution is 7.89. The van der Waals surface area contributed by atoms with Crippen molar-refractivity contribution in [2.75, 3.05) is 25.0 Å². The van der Waals surface area contributed by atoms with Crippen molar-refractivity contribution in [2.24, 2.45) is 5.92 Å². The summed E-state index contributed by atoms with van der Waals surface area (Å²) in [7, 11) is -3.76. The van der Waals surface area contributed by atoms with Crippen LogP contribution in [0, 0.1) is 12.8 Å². The van der Waals surface area contributed by atoms with Crippen LogP contribution in [-0.2, 0) is 26.2 Å². The number of benzene rings is 2. The monoisotopic (exact) mass is 501 g/mol. The van der Waals surface area contributed by atoms with Crippen molar-refractivity contribution >= 4 is 27.5 Å². The molecule has 0 spiro atoms. The van der Waals surface area contributed by atoms with Gasteiger partial charge in [-0.15, -0.1) is 0 Å². The van der Waals surface area contributed by atoms with Crippen LogP contribution in [0.25, 0.3) is 0 Å². The molecule has 2 amide bonds. The SMILES string of the molecule is Cc1cc2c(cc1S(=O)(=O)N1CCC(C(=O)NCc3ccc(OC(C)C)cc3)CC1)OCC(=O)N2. The predicted molar refractivity (Wildman–Crippen MR) is 131 cm³/mol. The van der Waals surface area contributed by atoms with Crippen LogP contribution in [0.1, 0.15) is 37.8 Å². The van der Waals surface area contributed by atoms with Crippen LogP contribution >= 0.6 is 0 Å². The first-order valence-electron chi connectivity index (χ1n) is 11.7. The number of aryl methyl sites for hydroxylation is 1. The zero-order valence-electron chi connectivity index (χ0n) is 20.2. The van der Waals surface area contributed by atoms with E-state index in [4.69, 9.17) is 9.47 Å². The summed E-state index contributed by atoms with van der Waals surface area (Å²) >= 11 is 0. The highest BCUT2D eigenvalue weighted by Gasteiger charge is 2.34. The first-order chi connectivity index (χ1) is 16.6. The smallest absolute Gasteiger partial charge is 0.262 e. The van der Waals surface area contributed by atoms with Crippen molar-refractivity contribution in [1.29, 1.82) is 0 Å². The molecule has 9 nitrogen and oxygen atoms in total. The zero-order valence-corrected chi connectivity index (χ0v) is 21.0. The van der Waals surface area contributed by atoms with Gasteiger partial charge in [0.2, 0.25) is 15.9 Å². The molecule has 0 radical (unpaired) electrons. The highest BCUT2D eigenvalue weighted by Crippen LogP contribution is 2.35. The topological polar surface area (TPSA) is 114 Å². The number of ether oxygens (including phenoxy) is 2. The summed E-state index contributed by atoms with van der Waals surface area (Å²) in [5.74, 6) is 0.540. The van der Waals surface area contributed by atoms with E-state index in [2.05, 4.69) is 10.6 Å². The van der Waals surface area contributed by atoms with Crippen molar-refractivity contribution in [1.82, 2.24) is 9.62 Å². The molecule has 0 atom stereocenters. The second-order valence-electron chi connectivity index (χ2n) is 9.16. The summed E-state index contributed by atoms with van der Waals surface area (Å²) < 4.78 is 39.1. The lowest BCUT2D eigenvalue weighted by Crippen LogP contribution is -2.43. The summed E-state index contributed by atoms with van der Waals surface area (Å²) in [5.41, 5.74) is 1.96. The Hall–Kier alpha value is -3.11. The zero-order chi connectivity index (χ0) is 25.2. The maximum atomic E-state index is 13.3. The number of hydrogen-bond acceptors (Lipinski definition) is 6. The third kappa shape index (κ3) is 5.76. The number of fused-ring (bicyclic) bond motifs is 1. The maximum absolute atomic E-state index is 13.3. The molecule has 2 aromatic rings. The molecule has 1 saturated heterocycles.